The number of hydrogen-bond acceptors (Lipinski definition) is 2. The SMILES string of the molecule is CC(=O)O[C@@H]1CC2=CCCC[C@]2(C)[C@H]2CC[C@]3(C)[C@@H]([C@H](C)CCCC(C)C)CC[C@H]3[C@H]12. The minimum absolute atomic E-state index is 0.0763. The molecule has 0 saturated heterocycles. The van der Waals surface area contributed by atoms with Gasteiger partial charge in [-0.2, -0.15) is 0 Å². The lowest BCUT2D eigenvalue weighted by Gasteiger charge is -2.60. The van der Waals surface area contributed by atoms with Crippen molar-refractivity contribution >= 4 is 5.97 Å². The molecule has 0 aromatic heterocycles. The standard InChI is InChI=1S/C29H48O2/c1-19(2)10-9-11-20(3)23-13-14-24-27-25(15-17-29(23,24)6)28(5)16-8-7-12-22(28)18-26(27)31-21(4)30/h12,19-20,23-27H,7-11,13-18H2,1-6H3/t20-,23-,24+,25+,26-,27+,28+,29-/m1/s1. The molecule has 2 nitrogen and oxygen atoms in total. The average molecular weight is 429 g/mol. The van der Waals surface area contributed by atoms with Gasteiger partial charge in [0, 0.05) is 19.3 Å². The highest BCUT2D eigenvalue weighted by molar-refractivity contribution is 5.66. The van der Waals surface area contributed by atoms with E-state index in [0.29, 0.717) is 22.7 Å². The maximum Gasteiger partial charge on any atom is 0.302 e. The van der Waals surface area contributed by atoms with Gasteiger partial charge in [-0.3, -0.25) is 4.79 Å². The molecule has 31 heavy (non-hydrogen) atoms. The fraction of sp³-hybridized carbons (Fsp3) is 0.897. The highest BCUT2D eigenvalue weighted by Crippen LogP contribution is 2.68. The van der Waals surface area contributed by atoms with Crippen LogP contribution in [-0.4, -0.2) is 12.1 Å². The molecule has 176 valence electrons. The van der Waals surface area contributed by atoms with Crippen LogP contribution in [0.2, 0.25) is 0 Å². The van der Waals surface area contributed by atoms with E-state index in [1.807, 2.05) is 0 Å². The molecule has 0 spiro atoms. The number of hydrogen-bond donors (Lipinski definition) is 0. The smallest absolute Gasteiger partial charge is 0.302 e. The highest BCUT2D eigenvalue weighted by atomic mass is 16.5. The molecule has 0 aromatic rings. The summed E-state index contributed by atoms with van der Waals surface area (Å²) >= 11 is 0. The molecular formula is C29H48O2. The summed E-state index contributed by atoms with van der Waals surface area (Å²) in [5.74, 6) is 4.41. The summed E-state index contributed by atoms with van der Waals surface area (Å²) in [6.45, 7) is 14.1. The van der Waals surface area contributed by atoms with Crippen LogP contribution in [0.15, 0.2) is 11.6 Å². The Morgan fingerprint density at radius 2 is 1.87 bits per heavy atom. The summed E-state index contributed by atoms with van der Waals surface area (Å²) < 4.78 is 6.12. The third-order valence-corrected chi connectivity index (χ3v) is 10.5. The molecule has 0 heterocycles. The lowest BCUT2D eigenvalue weighted by atomic mass is 9.45. The van der Waals surface area contributed by atoms with Gasteiger partial charge in [0.25, 0.3) is 0 Å². The summed E-state index contributed by atoms with van der Waals surface area (Å²) in [7, 11) is 0. The highest BCUT2D eigenvalue weighted by Gasteiger charge is 2.62. The Labute approximate surface area is 192 Å². The first kappa shape index (κ1) is 23.4. The second-order valence-electron chi connectivity index (χ2n) is 12.7. The molecule has 0 radical (unpaired) electrons. The molecule has 0 unspecified atom stereocenters. The predicted octanol–water partition coefficient (Wildman–Crippen LogP) is 7.96. The maximum atomic E-state index is 12.1. The van der Waals surface area contributed by atoms with Crippen molar-refractivity contribution < 1.29 is 9.53 Å². The second-order valence-corrected chi connectivity index (χ2v) is 12.7. The van der Waals surface area contributed by atoms with Crippen LogP contribution in [0.25, 0.3) is 0 Å². The monoisotopic (exact) mass is 428 g/mol. The number of rotatable bonds is 6. The minimum atomic E-state index is -0.0763. The molecule has 3 fully saturated rings. The Morgan fingerprint density at radius 3 is 2.58 bits per heavy atom. The first-order chi connectivity index (χ1) is 14.7. The number of esters is 1. The van der Waals surface area contributed by atoms with Crippen LogP contribution in [0.4, 0.5) is 0 Å². The summed E-state index contributed by atoms with van der Waals surface area (Å²) in [6.07, 6.45) is 17.1. The van der Waals surface area contributed by atoms with Crippen molar-refractivity contribution in [1.82, 2.24) is 0 Å². The van der Waals surface area contributed by atoms with Gasteiger partial charge < -0.3 is 4.74 Å². The van der Waals surface area contributed by atoms with Crippen molar-refractivity contribution in [3.05, 3.63) is 11.6 Å². The normalized spacial score (nSPS) is 42.9. The van der Waals surface area contributed by atoms with E-state index in [2.05, 4.69) is 40.7 Å². The summed E-state index contributed by atoms with van der Waals surface area (Å²) in [6, 6.07) is 0. The number of carbonyl (C=O) groups is 1. The van der Waals surface area contributed by atoms with Crippen LogP contribution in [0.5, 0.6) is 0 Å². The van der Waals surface area contributed by atoms with Crippen molar-refractivity contribution in [3.63, 3.8) is 0 Å². The van der Waals surface area contributed by atoms with Crippen molar-refractivity contribution in [2.45, 2.75) is 118 Å². The number of allylic oxidation sites excluding steroid dienone is 1. The van der Waals surface area contributed by atoms with Gasteiger partial charge in [0.2, 0.25) is 0 Å². The predicted molar refractivity (Wildman–Crippen MR) is 129 cm³/mol. The van der Waals surface area contributed by atoms with Gasteiger partial charge in [-0.05, 0) is 85.4 Å². The summed E-state index contributed by atoms with van der Waals surface area (Å²) in [4.78, 5) is 12.1. The fourth-order valence-corrected chi connectivity index (χ4v) is 9.05. The van der Waals surface area contributed by atoms with Crippen molar-refractivity contribution in [2.24, 2.45) is 46.3 Å². The first-order valence-corrected chi connectivity index (χ1v) is 13.5. The second kappa shape index (κ2) is 8.86. The number of carbonyl (C=O) groups excluding carboxylic acids is 1. The lowest BCUT2D eigenvalue weighted by molar-refractivity contribution is -0.166. The van der Waals surface area contributed by atoms with Crippen LogP contribution in [0.1, 0.15) is 112 Å². The van der Waals surface area contributed by atoms with E-state index >= 15 is 0 Å². The average Bonchev–Trinajstić information content (AvgIpc) is 3.04. The topological polar surface area (TPSA) is 26.3 Å². The third-order valence-electron chi connectivity index (χ3n) is 10.5. The van der Waals surface area contributed by atoms with E-state index in [4.69, 9.17) is 4.74 Å². The maximum absolute atomic E-state index is 12.1. The van der Waals surface area contributed by atoms with Crippen molar-refractivity contribution in [2.75, 3.05) is 0 Å². The van der Waals surface area contributed by atoms with Crippen molar-refractivity contribution in [1.29, 1.82) is 0 Å². The van der Waals surface area contributed by atoms with Gasteiger partial charge in [-0.25, -0.2) is 0 Å². The minimum Gasteiger partial charge on any atom is -0.462 e. The molecule has 8 atom stereocenters. The molecule has 4 rings (SSSR count). The van der Waals surface area contributed by atoms with Gasteiger partial charge in [-0.1, -0.05) is 65.5 Å². The van der Waals surface area contributed by atoms with E-state index in [1.54, 1.807) is 12.5 Å². The molecule has 0 aliphatic heterocycles. The van der Waals surface area contributed by atoms with E-state index in [-0.39, 0.29) is 12.1 Å². The molecule has 3 saturated carbocycles. The van der Waals surface area contributed by atoms with E-state index in [0.717, 1.165) is 30.1 Å². The van der Waals surface area contributed by atoms with Crippen LogP contribution >= 0.6 is 0 Å². The molecular weight excluding hydrogens is 380 g/mol. The Morgan fingerprint density at radius 1 is 1.10 bits per heavy atom. The molecule has 2 heteroatoms. The molecule has 0 aromatic carbocycles. The first-order valence-electron chi connectivity index (χ1n) is 13.5. The van der Waals surface area contributed by atoms with E-state index in [9.17, 15) is 4.79 Å². The van der Waals surface area contributed by atoms with Gasteiger partial charge >= 0.3 is 5.97 Å². The Bertz CT molecular complexity index is 693. The summed E-state index contributed by atoms with van der Waals surface area (Å²) in [5, 5.41) is 0. The van der Waals surface area contributed by atoms with Gasteiger partial charge in [-0.15, -0.1) is 0 Å². The molecule has 0 N–H and O–H groups in total. The fourth-order valence-electron chi connectivity index (χ4n) is 9.05. The molecule has 4 aliphatic carbocycles. The zero-order valence-corrected chi connectivity index (χ0v) is 21.2. The Hall–Kier alpha value is -0.790. The number of fused-ring (bicyclic) bond motifs is 5. The van der Waals surface area contributed by atoms with Crippen LogP contribution < -0.4 is 0 Å². The zero-order chi connectivity index (χ0) is 22.4. The Kier molecular flexibility index (Phi) is 6.68. The van der Waals surface area contributed by atoms with Gasteiger partial charge in [0.1, 0.15) is 6.10 Å². The summed E-state index contributed by atoms with van der Waals surface area (Å²) in [5.41, 5.74) is 2.40. The van der Waals surface area contributed by atoms with Crippen LogP contribution in [0.3, 0.4) is 0 Å². The molecule has 0 amide bonds. The largest absolute Gasteiger partial charge is 0.462 e. The number of ether oxygens (including phenoxy) is 1. The van der Waals surface area contributed by atoms with Gasteiger partial charge in [0.05, 0.1) is 0 Å². The van der Waals surface area contributed by atoms with Crippen molar-refractivity contribution in [3.8, 4) is 0 Å². The lowest BCUT2D eigenvalue weighted by Crippen LogP contribution is -2.56. The third kappa shape index (κ3) is 4.15. The quantitative estimate of drug-likeness (QED) is 0.317. The molecule has 4 aliphatic rings. The van der Waals surface area contributed by atoms with Gasteiger partial charge in [0.15, 0.2) is 0 Å². The van der Waals surface area contributed by atoms with E-state index < -0.39 is 0 Å². The molecule has 0 bridgehead atoms. The van der Waals surface area contributed by atoms with Crippen LogP contribution in [-0.2, 0) is 9.53 Å². The van der Waals surface area contributed by atoms with Crippen LogP contribution in [0, 0.1) is 46.3 Å². The zero-order valence-electron chi connectivity index (χ0n) is 21.2. The Balaban J connectivity index is 1.58. The van der Waals surface area contributed by atoms with E-state index in [1.165, 1.54) is 64.2 Å².